The number of anilines is 1. The fourth-order valence-electron chi connectivity index (χ4n) is 4.00. The van der Waals surface area contributed by atoms with Crippen molar-refractivity contribution < 1.29 is 22.7 Å². The molecule has 3 heterocycles. The number of allylic oxidation sites excluding steroid dienone is 2. The largest absolute Gasteiger partial charge is 0.494 e. The molecule has 3 aromatic rings. The first-order chi connectivity index (χ1) is 17.2. The van der Waals surface area contributed by atoms with Crippen LogP contribution in [0.1, 0.15) is 17.3 Å². The third-order valence-corrected chi connectivity index (χ3v) is 5.81. The molecule has 2 aromatic carbocycles. The Balaban J connectivity index is 1.48. The van der Waals surface area contributed by atoms with Crippen molar-refractivity contribution in [2.45, 2.75) is 13.0 Å². The summed E-state index contributed by atoms with van der Waals surface area (Å²) in [5.41, 5.74) is 4.86. The lowest BCUT2D eigenvalue weighted by Crippen LogP contribution is -2.47. The number of rotatable bonds is 5. The summed E-state index contributed by atoms with van der Waals surface area (Å²) in [6.45, 7) is 1.88. The summed E-state index contributed by atoms with van der Waals surface area (Å²) in [6.07, 6.45) is 6.51. The third kappa shape index (κ3) is 4.17. The molecule has 8 nitrogen and oxygen atoms in total. The maximum atomic E-state index is 13.9. The second-order valence-corrected chi connectivity index (χ2v) is 8.46. The van der Waals surface area contributed by atoms with E-state index in [1.165, 1.54) is 11.1 Å². The first kappa shape index (κ1) is 23.5. The fraction of sp³-hybridized carbons (Fsp3) is 0.125. The van der Waals surface area contributed by atoms with E-state index in [1.807, 2.05) is 23.8 Å². The van der Waals surface area contributed by atoms with Gasteiger partial charge in [-0.05, 0) is 42.8 Å². The molecule has 5 rings (SSSR count). The Morgan fingerprint density at radius 1 is 1.17 bits per heavy atom. The molecule has 12 heteroatoms. The van der Waals surface area contributed by atoms with Crippen LogP contribution in [-0.4, -0.2) is 33.3 Å². The van der Waals surface area contributed by atoms with Gasteiger partial charge in [-0.25, -0.2) is 23.6 Å². The number of fused-ring (bicyclic) bond motifs is 1. The van der Waals surface area contributed by atoms with Crippen LogP contribution in [0.2, 0.25) is 0 Å². The van der Waals surface area contributed by atoms with E-state index in [4.69, 9.17) is 16.3 Å². The molecule has 0 fully saturated rings. The number of methoxy groups -OCH3 is 1. The zero-order valence-electron chi connectivity index (χ0n) is 18.9. The van der Waals surface area contributed by atoms with Crippen LogP contribution in [0, 0.1) is 24.4 Å². The zero-order chi connectivity index (χ0) is 25.6. The predicted molar refractivity (Wildman–Crippen MR) is 127 cm³/mol. The molecule has 0 saturated heterocycles. The first-order valence-corrected chi connectivity index (χ1v) is 11.0. The summed E-state index contributed by atoms with van der Waals surface area (Å²) in [5.74, 6) is -4.34. The molecule has 2 aliphatic heterocycles. The molecule has 1 amide bonds. The summed E-state index contributed by atoms with van der Waals surface area (Å²) in [5, 5.41) is 7.50. The van der Waals surface area contributed by atoms with Crippen molar-refractivity contribution in [2.75, 3.05) is 12.4 Å². The number of amides is 1. The quantitative estimate of drug-likeness (QED) is 0.490. The Morgan fingerprint density at radius 2 is 1.92 bits per heavy atom. The second kappa shape index (κ2) is 9.08. The lowest BCUT2D eigenvalue weighted by Gasteiger charge is -2.36. The number of carbonyl (C=O) groups is 1. The van der Waals surface area contributed by atoms with Gasteiger partial charge in [0.15, 0.2) is 23.3 Å². The average molecular weight is 515 g/mol. The molecule has 0 radical (unpaired) electrons. The topological polar surface area (TPSA) is 83.8 Å². The lowest BCUT2D eigenvalue weighted by molar-refractivity contribution is -0.125. The van der Waals surface area contributed by atoms with Crippen molar-refractivity contribution >= 4 is 29.0 Å². The minimum absolute atomic E-state index is 0.111. The molecule has 1 unspecified atom stereocenters. The van der Waals surface area contributed by atoms with Gasteiger partial charge in [-0.2, -0.15) is 5.10 Å². The minimum atomic E-state index is -1.62. The molecule has 2 aliphatic rings. The number of amidine groups is 1. The van der Waals surface area contributed by atoms with E-state index in [-0.39, 0.29) is 16.4 Å². The molecule has 0 saturated carbocycles. The van der Waals surface area contributed by atoms with Crippen LogP contribution < -0.4 is 15.5 Å². The Hall–Kier alpha value is -4.25. The standard InChI is InChI=1S/C24H18ClF3N6O2/c1-12-9-33(11-29-12)19-4-3-15(8-20(19)36-2)30-18-7-14(25)10-34-22(24(35)32-31-23(18)34)13-5-16(26)21(28)17(27)6-13/h3-11,22,30H,1-2H3,(H,32,35). The van der Waals surface area contributed by atoms with Gasteiger partial charge >= 0.3 is 0 Å². The number of aromatic nitrogens is 2. The van der Waals surface area contributed by atoms with Crippen molar-refractivity contribution in [1.29, 1.82) is 0 Å². The highest BCUT2D eigenvalue weighted by Gasteiger charge is 2.37. The van der Waals surface area contributed by atoms with Crippen LogP contribution in [0.15, 0.2) is 71.0 Å². The Kier molecular flexibility index (Phi) is 5.92. The molecule has 0 spiro atoms. The van der Waals surface area contributed by atoms with Gasteiger partial charge in [0.1, 0.15) is 11.8 Å². The predicted octanol–water partition coefficient (Wildman–Crippen LogP) is 4.48. The van der Waals surface area contributed by atoms with Gasteiger partial charge in [0.05, 0.1) is 35.5 Å². The van der Waals surface area contributed by atoms with Gasteiger partial charge < -0.3 is 19.5 Å². The normalized spacial score (nSPS) is 17.1. The highest BCUT2D eigenvalue weighted by Crippen LogP contribution is 2.34. The Bertz CT molecular complexity index is 1460. The van der Waals surface area contributed by atoms with E-state index in [1.54, 1.807) is 31.6 Å². The van der Waals surface area contributed by atoms with Crippen molar-refractivity contribution in [2.24, 2.45) is 5.10 Å². The number of nitrogens with one attached hydrogen (secondary N) is 2. The number of benzene rings is 2. The number of hydrazone groups is 1. The summed E-state index contributed by atoms with van der Waals surface area (Å²) in [6, 6.07) is 5.67. The van der Waals surface area contributed by atoms with Crippen molar-refractivity contribution in [3.8, 4) is 11.4 Å². The highest BCUT2D eigenvalue weighted by molar-refractivity contribution is 6.32. The van der Waals surface area contributed by atoms with E-state index < -0.39 is 29.4 Å². The summed E-state index contributed by atoms with van der Waals surface area (Å²) >= 11 is 6.33. The fourth-order valence-corrected chi connectivity index (χ4v) is 4.21. The van der Waals surface area contributed by atoms with Crippen LogP contribution in [0.5, 0.6) is 5.75 Å². The molecule has 2 N–H and O–H groups in total. The van der Waals surface area contributed by atoms with Crippen LogP contribution in [0.25, 0.3) is 5.69 Å². The van der Waals surface area contributed by atoms with Crippen molar-refractivity contribution in [3.63, 3.8) is 0 Å². The van der Waals surface area contributed by atoms with Crippen molar-refractivity contribution in [1.82, 2.24) is 19.9 Å². The van der Waals surface area contributed by atoms with E-state index in [0.29, 0.717) is 17.1 Å². The monoisotopic (exact) mass is 514 g/mol. The summed E-state index contributed by atoms with van der Waals surface area (Å²) in [4.78, 5) is 18.2. The highest BCUT2D eigenvalue weighted by atomic mass is 35.5. The molecule has 36 heavy (non-hydrogen) atoms. The summed E-state index contributed by atoms with van der Waals surface area (Å²) in [7, 11) is 1.54. The molecule has 0 aliphatic carbocycles. The van der Waals surface area contributed by atoms with Gasteiger partial charge in [-0.3, -0.25) is 4.79 Å². The molecule has 0 bridgehead atoms. The number of hydrogen-bond acceptors (Lipinski definition) is 6. The van der Waals surface area contributed by atoms with E-state index in [0.717, 1.165) is 23.5 Å². The van der Waals surface area contributed by atoms with E-state index >= 15 is 0 Å². The second-order valence-electron chi connectivity index (χ2n) is 8.03. The maximum Gasteiger partial charge on any atom is 0.267 e. The zero-order valence-corrected chi connectivity index (χ0v) is 19.6. The van der Waals surface area contributed by atoms with Crippen LogP contribution in [0.3, 0.4) is 0 Å². The molecule has 1 atom stereocenters. The summed E-state index contributed by atoms with van der Waals surface area (Å²) < 4.78 is 48.8. The van der Waals surface area contributed by atoms with E-state index in [9.17, 15) is 18.0 Å². The minimum Gasteiger partial charge on any atom is -0.494 e. The number of carbonyl (C=O) groups excluding carboxylic acids is 1. The number of halogens is 4. The molecular formula is C24H18ClF3N6O2. The third-order valence-electron chi connectivity index (χ3n) is 5.60. The smallest absolute Gasteiger partial charge is 0.267 e. The van der Waals surface area contributed by atoms with Crippen LogP contribution in [-0.2, 0) is 4.79 Å². The maximum absolute atomic E-state index is 13.9. The van der Waals surface area contributed by atoms with Gasteiger partial charge in [0.2, 0.25) is 0 Å². The Morgan fingerprint density at radius 3 is 2.58 bits per heavy atom. The number of imidazole rings is 1. The van der Waals surface area contributed by atoms with Gasteiger partial charge in [0.25, 0.3) is 5.91 Å². The van der Waals surface area contributed by atoms with Crippen LogP contribution >= 0.6 is 11.6 Å². The van der Waals surface area contributed by atoms with Crippen LogP contribution in [0.4, 0.5) is 18.9 Å². The van der Waals surface area contributed by atoms with Gasteiger partial charge in [-0.15, -0.1) is 0 Å². The number of aryl methyl sites for hydroxylation is 1. The Labute approximate surface area is 208 Å². The number of hydrogen-bond donors (Lipinski definition) is 2. The van der Waals surface area contributed by atoms with Gasteiger partial charge in [-0.1, -0.05) is 11.6 Å². The molecule has 1 aromatic heterocycles. The van der Waals surface area contributed by atoms with Gasteiger partial charge in [0, 0.05) is 24.2 Å². The lowest BCUT2D eigenvalue weighted by atomic mass is 10.0. The first-order valence-electron chi connectivity index (χ1n) is 10.6. The number of ether oxygens (including phenoxy) is 1. The molecule has 184 valence electrons. The SMILES string of the molecule is COc1cc(NC2=CC(Cl)=CN3C2=NNC(=O)C3c2cc(F)c(F)c(F)c2)ccc1-n1cnc(C)c1. The van der Waals surface area contributed by atoms with E-state index in [2.05, 4.69) is 20.8 Å². The van der Waals surface area contributed by atoms with Crippen molar-refractivity contribution in [3.05, 3.63) is 94.6 Å². The average Bonchev–Trinajstić information content (AvgIpc) is 3.27. The number of nitrogens with zero attached hydrogens (tertiary/aromatic N) is 4. The molecular weight excluding hydrogens is 497 g/mol.